The Morgan fingerprint density at radius 3 is 3.04 bits per heavy atom. The lowest BCUT2D eigenvalue weighted by molar-refractivity contribution is 0.0376. The van der Waals surface area contributed by atoms with Crippen LogP contribution in [0.4, 0.5) is 0 Å². The molecule has 2 rings (SSSR count). The van der Waals surface area contributed by atoms with E-state index in [0.29, 0.717) is 13.2 Å². The Kier molecular flexibility index (Phi) is 8.58. The first-order valence-electron chi connectivity index (χ1n) is 8.60. The van der Waals surface area contributed by atoms with E-state index in [1.165, 1.54) is 0 Å². The molecule has 136 valence electrons. The van der Waals surface area contributed by atoms with Gasteiger partial charge in [-0.2, -0.15) is 5.10 Å². The molecule has 3 N–H and O–H groups in total. The molecule has 0 saturated carbocycles. The zero-order chi connectivity index (χ0) is 17.0. The van der Waals surface area contributed by atoms with Crippen molar-refractivity contribution in [3.05, 3.63) is 18.0 Å². The second kappa shape index (κ2) is 11.0. The van der Waals surface area contributed by atoms with Gasteiger partial charge in [-0.15, -0.1) is 0 Å². The van der Waals surface area contributed by atoms with Gasteiger partial charge in [0.1, 0.15) is 0 Å². The molecule has 0 spiro atoms. The lowest BCUT2D eigenvalue weighted by atomic mass is 10.3. The monoisotopic (exact) mass is 338 g/mol. The van der Waals surface area contributed by atoms with E-state index in [0.717, 1.165) is 57.5 Å². The van der Waals surface area contributed by atoms with Crippen LogP contribution in [0.25, 0.3) is 0 Å². The Bertz CT molecular complexity index is 459. The fourth-order valence-corrected chi connectivity index (χ4v) is 2.55. The molecule has 0 radical (unpaired) electrons. The number of morpholine rings is 1. The van der Waals surface area contributed by atoms with Gasteiger partial charge in [-0.25, -0.2) is 4.99 Å². The van der Waals surface area contributed by atoms with Crippen LogP contribution in [0, 0.1) is 0 Å². The first-order chi connectivity index (χ1) is 11.8. The van der Waals surface area contributed by atoms with Crippen molar-refractivity contribution >= 4 is 5.96 Å². The van der Waals surface area contributed by atoms with Crippen LogP contribution in [0.15, 0.2) is 17.3 Å². The van der Waals surface area contributed by atoms with Gasteiger partial charge in [0, 0.05) is 39.0 Å². The molecule has 2 heterocycles. The van der Waals surface area contributed by atoms with Crippen LogP contribution in [0.5, 0.6) is 0 Å². The van der Waals surface area contributed by atoms with Gasteiger partial charge >= 0.3 is 0 Å². The number of ether oxygens (including phenoxy) is 2. The van der Waals surface area contributed by atoms with Gasteiger partial charge in [-0.1, -0.05) is 0 Å². The fourth-order valence-electron chi connectivity index (χ4n) is 2.55. The highest BCUT2D eigenvalue weighted by molar-refractivity contribution is 5.80. The van der Waals surface area contributed by atoms with Crippen LogP contribution >= 0.6 is 0 Å². The van der Waals surface area contributed by atoms with Gasteiger partial charge in [0.15, 0.2) is 5.96 Å². The molecule has 24 heavy (non-hydrogen) atoms. The van der Waals surface area contributed by atoms with E-state index in [9.17, 15) is 0 Å². The van der Waals surface area contributed by atoms with E-state index in [-0.39, 0.29) is 6.04 Å². The lowest BCUT2D eigenvalue weighted by Gasteiger charge is -2.26. The summed E-state index contributed by atoms with van der Waals surface area (Å²) in [4.78, 5) is 7.04. The lowest BCUT2D eigenvalue weighted by Crippen LogP contribution is -2.45. The molecule has 0 bridgehead atoms. The molecule has 1 aliphatic heterocycles. The normalized spacial score (nSPS) is 17.7. The van der Waals surface area contributed by atoms with Crippen molar-refractivity contribution < 1.29 is 9.47 Å². The third kappa shape index (κ3) is 7.29. The molecule has 8 heteroatoms. The van der Waals surface area contributed by atoms with Crippen LogP contribution in [0.3, 0.4) is 0 Å². The van der Waals surface area contributed by atoms with Gasteiger partial charge in [-0.3, -0.25) is 10.00 Å². The summed E-state index contributed by atoms with van der Waals surface area (Å²) in [6.45, 7) is 9.00. The summed E-state index contributed by atoms with van der Waals surface area (Å²) < 4.78 is 10.6. The largest absolute Gasteiger partial charge is 0.383 e. The second-order valence-corrected chi connectivity index (χ2v) is 5.98. The number of H-pyrrole nitrogens is 1. The summed E-state index contributed by atoms with van der Waals surface area (Å²) in [5.41, 5.74) is 0.990. The first kappa shape index (κ1) is 18.7. The van der Waals surface area contributed by atoms with Crippen molar-refractivity contribution in [1.29, 1.82) is 0 Å². The summed E-state index contributed by atoms with van der Waals surface area (Å²) >= 11 is 0. The highest BCUT2D eigenvalue weighted by Gasteiger charge is 2.10. The molecular weight excluding hydrogens is 308 g/mol. The molecule has 1 aliphatic rings. The van der Waals surface area contributed by atoms with Crippen LogP contribution in [0.2, 0.25) is 0 Å². The maximum atomic E-state index is 5.37. The Labute approximate surface area is 144 Å². The minimum Gasteiger partial charge on any atom is -0.383 e. The minimum atomic E-state index is 0.197. The Balaban J connectivity index is 1.74. The van der Waals surface area contributed by atoms with Gasteiger partial charge in [0.05, 0.1) is 32.1 Å². The third-order valence-electron chi connectivity index (χ3n) is 3.81. The number of methoxy groups -OCH3 is 1. The molecular formula is C16H30N6O2. The van der Waals surface area contributed by atoms with Crippen molar-refractivity contribution in [2.24, 2.45) is 4.99 Å². The summed E-state index contributed by atoms with van der Waals surface area (Å²) in [7, 11) is 1.70. The predicted octanol–water partition coefficient (Wildman–Crippen LogP) is 0.202. The molecule has 1 saturated heterocycles. The predicted molar refractivity (Wildman–Crippen MR) is 94.1 cm³/mol. The number of aromatic amines is 1. The maximum absolute atomic E-state index is 5.37. The van der Waals surface area contributed by atoms with Crippen LogP contribution < -0.4 is 10.6 Å². The standard InChI is InChI=1S/C16H30N6O2/c1-14(13-23-2)20-16(18-12-15-4-6-19-21-15)17-5-3-7-22-8-10-24-11-9-22/h4,6,14H,3,5,7-13H2,1-2H3,(H,19,21)(H2,17,18,20). The van der Waals surface area contributed by atoms with Gasteiger partial charge in [0.25, 0.3) is 0 Å². The second-order valence-electron chi connectivity index (χ2n) is 5.98. The van der Waals surface area contributed by atoms with E-state index in [1.807, 2.05) is 6.07 Å². The quantitative estimate of drug-likeness (QED) is 0.339. The van der Waals surface area contributed by atoms with Gasteiger partial charge in [-0.05, 0) is 26.0 Å². The number of rotatable bonds is 9. The number of hydrogen-bond donors (Lipinski definition) is 3. The number of aromatic nitrogens is 2. The highest BCUT2D eigenvalue weighted by atomic mass is 16.5. The Morgan fingerprint density at radius 1 is 1.50 bits per heavy atom. The minimum absolute atomic E-state index is 0.197. The van der Waals surface area contributed by atoms with Gasteiger partial charge in [0.2, 0.25) is 0 Å². The van der Waals surface area contributed by atoms with E-state index >= 15 is 0 Å². The molecule has 0 aromatic carbocycles. The zero-order valence-corrected chi connectivity index (χ0v) is 14.8. The molecule has 1 aromatic heterocycles. The SMILES string of the molecule is COCC(C)NC(=NCc1ccn[nH]1)NCCCN1CCOCC1. The van der Waals surface area contributed by atoms with Crippen molar-refractivity contribution in [2.75, 3.05) is 53.1 Å². The van der Waals surface area contributed by atoms with Crippen molar-refractivity contribution in [3.8, 4) is 0 Å². The summed E-state index contributed by atoms with van der Waals surface area (Å²) in [5.74, 6) is 0.802. The topological polar surface area (TPSA) is 86.8 Å². The number of nitrogens with zero attached hydrogens (tertiary/aromatic N) is 3. The fraction of sp³-hybridized carbons (Fsp3) is 0.750. The third-order valence-corrected chi connectivity index (χ3v) is 3.81. The molecule has 0 aliphatic carbocycles. The average molecular weight is 338 g/mol. The highest BCUT2D eigenvalue weighted by Crippen LogP contribution is 1.98. The van der Waals surface area contributed by atoms with E-state index in [4.69, 9.17) is 9.47 Å². The summed E-state index contributed by atoms with van der Waals surface area (Å²) in [6.07, 6.45) is 2.81. The summed E-state index contributed by atoms with van der Waals surface area (Å²) in [5, 5.41) is 13.6. The van der Waals surface area contributed by atoms with E-state index in [1.54, 1.807) is 13.3 Å². The molecule has 0 amide bonds. The van der Waals surface area contributed by atoms with Crippen molar-refractivity contribution in [3.63, 3.8) is 0 Å². The molecule has 1 atom stereocenters. The Hall–Kier alpha value is -1.64. The average Bonchev–Trinajstić information content (AvgIpc) is 3.11. The molecule has 1 fully saturated rings. The zero-order valence-electron chi connectivity index (χ0n) is 14.8. The van der Waals surface area contributed by atoms with Crippen molar-refractivity contribution in [1.82, 2.24) is 25.7 Å². The molecule has 1 aromatic rings. The molecule has 8 nitrogen and oxygen atoms in total. The molecule has 1 unspecified atom stereocenters. The Morgan fingerprint density at radius 2 is 2.33 bits per heavy atom. The van der Waals surface area contributed by atoms with E-state index < -0.39 is 0 Å². The number of guanidine groups is 1. The summed E-state index contributed by atoms with van der Waals surface area (Å²) in [6, 6.07) is 2.13. The number of aliphatic imine (C=N–C) groups is 1. The van der Waals surface area contributed by atoms with Gasteiger partial charge < -0.3 is 20.1 Å². The van der Waals surface area contributed by atoms with Crippen LogP contribution in [-0.2, 0) is 16.0 Å². The van der Waals surface area contributed by atoms with Crippen molar-refractivity contribution in [2.45, 2.75) is 25.9 Å². The first-order valence-corrected chi connectivity index (χ1v) is 8.60. The number of hydrogen-bond acceptors (Lipinski definition) is 5. The van der Waals surface area contributed by atoms with Crippen LogP contribution in [0.1, 0.15) is 19.0 Å². The maximum Gasteiger partial charge on any atom is 0.191 e. The van der Waals surface area contributed by atoms with E-state index in [2.05, 4.69) is 37.6 Å². The number of nitrogens with one attached hydrogen (secondary N) is 3. The smallest absolute Gasteiger partial charge is 0.191 e. The van der Waals surface area contributed by atoms with Crippen LogP contribution in [-0.4, -0.2) is 80.2 Å².